The Hall–Kier alpha value is -1.04. The van der Waals surface area contributed by atoms with Crippen molar-refractivity contribution in [3.05, 3.63) is 34.8 Å². The van der Waals surface area contributed by atoms with Crippen LogP contribution in [-0.2, 0) is 6.54 Å². The van der Waals surface area contributed by atoms with Crippen LogP contribution in [0, 0.1) is 0 Å². The first-order valence-electron chi connectivity index (χ1n) is 7.69. The number of nitrogens with one attached hydrogen (secondary N) is 1. The van der Waals surface area contributed by atoms with Crippen molar-refractivity contribution in [2.24, 2.45) is 0 Å². The number of rotatable bonds is 11. The summed E-state index contributed by atoms with van der Waals surface area (Å²) in [6, 6.07) is 4.07. The van der Waals surface area contributed by atoms with Crippen LogP contribution < -0.4 is 14.8 Å². The highest BCUT2D eigenvalue weighted by molar-refractivity contribution is 9.10. The van der Waals surface area contributed by atoms with E-state index in [0.29, 0.717) is 12.4 Å². The molecule has 1 N–H and O–H groups in total. The summed E-state index contributed by atoms with van der Waals surface area (Å²) in [5.41, 5.74) is 1.16. The van der Waals surface area contributed by atoms with Crippen LogP contribution in [0.25, 0.3) is 0 Å². The predicted octanol–water partition coefficient (Wildman–Crippen LogP) is 3.45. The van der Waals surface area contributed by atoms with Crippen LogP contribution in [-0.4, -0.2) is 44.8 Å². The fourth-order valence-corrected chi connectivity index (χ4v) is 2.77. The molecule has 4 nitrogen and oxygen atoms in total. The molecular formula is C17H27BrN2O2. The van der Waals surface area contributed by atoms with Crippen LogP contribution >= 0.6 is 15.9 Å². The van der Waals surface area contributed by atoms with Gasteiger partial charge in [0.2, 0.25) is 0 Å². The molecule has 0 amide bonds. The summed E-state index contributed by atoms with van der Waals surface area (Å²) in [6.07, 6.45) is 1.72. The Morgan fingerprint density at radius 3 is 2.64 bits per heavy atom. The first-order chi connectivity index (χ1) is 10.7. The quantitative estimate of drug-likeness (QED) is 0.477. The molecule has 0 bridgehead atoms. The molecule has 0 fully saturated rings. The summed E-state index contributed by atoms with van der Waals surface area (Å²) in [5.74, 6) is 1.45. The summed E-state index contributed by atoms with van der Waals surface area (Å²) >= 11 is 3.55. The molecule has 0 aliphatic rings. The lowest BCUT2D eigenvalue weighted by Gasteiger charge is -2.18. The number of hydrogen-bond acceptors (Lipinski definition) is 4. The summed E-state index contributed by atoms with van der Waals surface area (Å²) < 4.78 is 11.9. The summed E-state index contributed by atoms with van der Waals surface area (Å²) in [6.45, 7) is 13.5. The van der Waals surface area contributed by atoms with E-state index in [2.05, 4.69) is 52.6 Å². The monoisotopic (exact) mass is 370 g/mol. The lowest BCUT2D eigenvalue weighted by molar-refractivity contribution is 0.302. The highest BCUT2D eigenvalue weighted by Crippen LogP contribution is 2.36. The van der Waals surface area contributed by atoms with Crippen LogP contribution in [0.3, 0.4) is 0 Å². The van der Waals surface area contributed by atoms with Gasteiger partial charge in [0.1, 0.15) is 6.61 Å². The van der Waals surface area contributed by atoms with Crippen molar-refractivity contribution in [3.63, 3.8) is 0 Å². The maximum Gasteiger partial charge on any atom is 0.175 e. The molecule has 0 aliphatic carbocycles. The van der Waals surface area contributed by atoms with E-state index in [1.807, 2.05) is 6.07 Å². The molecule has 0 heterocycles. The molecule has 1 aromatic carbocycles. The molecule has 0 atom stereocenters. The second kappa shape index (κ2) is 10.6. The van der Waals surface area contributed by atoms with Crippen LogP contribution in [0.4, 0.5) is 0 Å². The average Bonchev–Trinajstić information content (AvgIpc) is 2.53. The van der Waals surface area contributed by atoms with Crippen molar-refractivity contribution in [2.75, 3.05) is 39.9 Å². The van der Waals surface area contributed by atoms with Crippen molar-refractivity contribution in [2.45, 2.75) is 20.4 Å². The molecule has 22 heavy (non-hydrogen) atoms. The Labute approximate surface area is 142 Å². The van der Waals surface area contributed by atoms with Gasteiger partial charge in [-0.05, 0) is 46.7 Å². The zero-order valence-electron chi connectivity index (χ0n) is 13.8. The van der Waals surface area contributed by atoms with Crippen molar-refractivity contribution in [1.82, 2.24) is 10.2 Å². The molecule has 0 spiro atoms. The number of likely N-dealkylation sites (N-methyl/N-ethyl adjacent to an activating group) is 1. The van der Waals surface area contributed by atoms with Gasteiger partial charge in [-0.3, -0.25) is 0 Å². The minimum absolute atomic E-state index is 0.455. The van der Waals surface area contributed by atoms with Crippen LogP contribution in [0.15, 0.2) is 29.3 Å². The SMILES string of the molecule is C=CCOc1c(Br)cc(CNCCN(CC)CC)cc1OC. The van der Waals surface area contributed by atoms with Gasteiger partial charge in [-0.2, -0.15) is 0 Å². The summed E-state index contributed by atoms with van der Waals surface area (Å²) in [5, 5.41) is 3.47. The molecule has 0 saturated heterocycles. The zero-order valence-corrected chi connectivity index (χ0v) is 15.4. The lowest BCUT2D eigenvalue weighted by Crippen LogP contribution is -2.31. The van der Waals surface area contributed by atoms with Crippen LogP contribution in [0.5, 0.6) is 11.5 Å². The highest BCUT2D eigenvalue weighted by atomic mass is 79.9. The van der Waals surface area contributed by atoms with Gasteiger partial charge in [0, 0.05) is 19.6 Å². The molecule has 0 aromatic heterocycles. The molecule has 5 heteroatoms. The van der Waals surface area contributed by atoms with Crippen molar-refractivity contribution in [1.29, 1.82) is 0 Å². The highest BCUT2D eigenvalue weighted by Gasteiger charge is 2.11. The Balaban J connectivity index is 2.60. The van der Waals surface area contributed by atoms with Gasteiger partial charge in [0.15, 0.2) is 11.5 Å². The fraction of sp³-hybridized carbons (Fsp3) is 0.529. The number of methoxy groups -OCH3 is 1. The second-order valence-corrected chi connectivity index (χ2v) is 5.77. The van der Waals surface area contributed by atoms with Gasteiger partial charge in [-0.1, -0.05) is 26.5 Å². The standard InChI is InChI=1S/C17H27BrN2O2/c1-5-10-22-17-15(18)11-14(12-16(17)21-4)13-19-8-9-20(6-2)7-3/h5,11-12,19H,1,6-10,13H2,2-4H3. The number of nitrogens with zero attached hydrogens (tertiary/aromatic N) is 1. The topological polar surface area (TPSA) is 33.7 Å². The number of ether oxygens (including phenoxy) is 2. The number of benzene rings is 1. The third-order valence-corrected chi connectivity index (χ3v) is 4.05. The van der Waals surface area contributed by atoms with Crippen molar-refractivity contribution in [3.8, 4) is 11.5 Å². The maximum absolute atomic E-state index is 5.63. The third kappa shape index (κ3) is 5.99. The molecule has 124 valence electrons. The Kier molecular flexibility index (Phi) is 9.20. The van der Waals surface area contributed by atoms with Crippen molar-refractivity contribution < 1.29 is 9.47 Å². The second-order valence-electron chi connectivity index (χ2n) is 4.91. The molecule has 0 aliphatic heterocycles. The van der Waals surface area contributed by atoms with Crippen molar-refractivity contribution >= 4 is 15.9 Å². The predicted molar refractivity (Wildman–Crippen MR) is 95.9 cm³/mol. The van der Waals surface area contributed by atoms with Crippen LogP contribution in [0.1, 0.15) is 19.4 Å². The van der Waals surface area contributed by atoms with E-state index in [4.69, 9.17) is 9.47 Å². The lowest BCUT2D eigenvalue weighted by atomic mass is 10.2. The smallest absolute Gasteiger partial charge is 0.175 e. The fourth-order valence-electron chi connectivity index (χ4n) is 2.17. The number of hydrogen-bond donors (Lipinski definition) is 1. The van der Waals surface area contributed by atoms with E-state index in [1.165, 1.54) is 0 Å². The van der Waals surface area contributed by atoms with Gasteiger partial charge < -0.3 is 19.7 Å². The Bertz CT molecular complexity index is 462. The molecule has 0 unspecified atom stereocenters. The molecular weight excluding hydrogens is 344 g/mol. The summed E-state index contributed by atoms with van der Waals surface area (Å²) in [4.78, 5) is 2.40. The van der Waals surface area contributed by atoms with Gasteiger partial charge in [0.25, 0.3) is 0 Å². The van der Waals surface area contributed by atoms with E-state index < -0.39 is 0 Å². The number of halogens is 1. The Morgan fingerprint density at radius 1 is 1.32 bits per heavy atom. The maximum atomic E-state index is 5.63. The van der Waals surface area contributed by atoms with E-state index in [1.54, 1.807) is 13.2 Å². The van der Waals surface area contributed by atoms with Gasteiger partial charge >= 0.3 is 0 Å². The van der Waals surface area contributed by atoms with E-state index in [-0.39, 0.29) is 0 Å². The minimum atomic E-state index is 0.455. The zero-order chi connectivity index (χ0) is 16.4. The first-order valence-corrected chi connectivity index (χ1v) is 8.48. The van der Waals surface area contributed by atoms with Gasteiger partial charge in [-0.25, -0.2) is 0 Å². The Morgan fingerprint density at radius 2 is 2.05 bits per heavy atom. The molecule has 0 radical (unpaired) electrons. The summed E-state index contributed by atoms with van der Waals surface area (Å²) in [7, 11) is 1.65. The van der Waals surface area contributed by atoms with Gasteiger partial charge in [0.05, 0.1) is 11.6 Å². The van der Waals surface area contributed by atoms with E-state index >= 15 is 0 Å². The largest absolute Gasteiger partial charge is 0.493 e. The molecule has 1 rings (SSSR count). The van der Waals surface area contributed by atoms with E-state index in [9.17, 15) is 0 Å². The minimum Gasteiger partial charge on any atom is -0.493 e. The van der Waals surface area contributed by atoms with Gasteiger partial charge in [-0.15, -0.1) is 0 Å². The third-order valence-electron chi connectivity index (χ3n) is 3.46. The van der Waals surface area contributed by atoms with Crippen LogP contribution in [0.2, 0.25) is 0 Å². The average molecular weight is 371 g/mol. The molecule has 0 saturated carbocycles. The normalized spacial score (nSPS) is 10.8. The first kappa shape index (κ1) is 19.0. The molecule has 1 aromatic rings. The van der Waals surface area contributed by atoms with E-state index in [0.717, 1.165) is 48.5 Å².